The summed E-state index contributed by atoms with van der Waals surface area (Å²) in [5.41, 5.74) is -0.572. The zero-order valence-corrected chi connectivity index (χ0v) is 31.4. The van der Waals surface area contributed by atoms with E-state index in [1.54, 1.807) is 23.1 Å². The number of anilines is 1. The number of thiazole rings is 1. The molecule has 13 nitrogen and oxygen atoms in total. The Kier molecular flexibility index (Phi) is 9.62. The molecule has 1 amide bonds. The first kappa shape index (κ1) is 36.4. The molecule has 4 fully saturated rings. The number of ether oxygens (including phenoxy) is 6. The van der Waals surface area contributed by atoms with Crippen LogP contribution in [0.5, 0.6) is 22.7 Å². The number of carbonyl (C=O) groups is 1. The molecule has 0 radical (unpaired) electrons. The standard InChI is InChI=1S/C38H42F2N6O7S/c1-6-27-28(40)9-8-22-12-26(51-21-48-5)13-29(30(22)27)52-35-41-31-32(44-16-24-18-49-19-25(17-44)46(24)36(47)53-37(2,3)4)42-34(43-33(31)54-35)50-20-38-10-7-11-45(38)15-23(39)14-38/h1,8-9,12-13,23-25H,7,10-11,14-21H2,2-5H3/t23-,24?,25?,38+/m1/s1. The van der Waals surface area contributed by atoms with Gasteiger partial charge in [0.15, 0.2) is 17.4 Å². The van der Waals surface area contributed by atoms with E-state index in [0.717, 1.165) is 30.7 Å². The summed E-state index contributed by atoms with van der Waals surface area (Å²) >= 11 is 1.16. The SMILES string of the molecule is C#Cc1c(F)ccc2cc(OCOC)cc(Oc3nc4c(N5CC6COCC(C5)N6C(=O)OC(C)(C)C)nc(OC[C@@]56CCCN5C[C@H](F)C6)nc4s3)c12. The summed E-state index contributed by atoms with van der Waals surface area (Å²) in [5, 5.41) is 1.18. The van der Waals surface area contributed by atoms with Gasteiger partial charge in [-0.15, -0.1) is 6.42 Å². The molecule has 4 atom stereocenters. The fraction of sp³-hybridized carbons (Fsp3) is 0.526. The van der Waals surface area contributed by atoms with Crippen LogP contribution in [0, 0.1) is 18.2 Å². The van der Waals surface area contributed by atoms with Crippen LogP contribution in [0.3, 0.4) is 0 Å². The summed E-state index contributed by atoms with van der Waals surface area (Å²) in [6.07, 6.45) is 6.68. The van der Waals surface area contributed by atoms with Crippen molar-refractivity contribution in [3.8, 4) is 35.0 Å². The maximum atomic E-state index is 15.0. The van der Waals surface area contributed by atoms with Gasteiger partial charge in [-0.3, -0.25) is 9.80 Å². The second kappa shape index (κ2) is 14.3. The number of hydrogen-bond acceptors (Lipinski definition) is 13. The maximum Gasteiger partial charge on any atom is 0.411 e. The first-order chi connectivity index (χ1) is 25.9. The van der Waals surface area contributed by atoms with Crippen molar-refractivity contribution < 1.29 is 42.0 Å². The lowest BCUT2D eigenvalue weighted by Crippen LogP contribution is -2.66. The highest BCUT2D eigenvalue weighted by atomic mass is 32.1. The fourth-order valence-electron chi connectivity index (χ4n) is 8.10. The molecule has 0 N–H and O–H groups in total. The van der Waals surface area contributed by atoms with Crippen molar-refractivity contribution in [1.29, 1.82) is 0 Å². The Balaban J connectivity index is 1.17. The van der Waals surface area contributed by atoms with Crippen LogP contribution < -0.4 is 19.1 Å². The van der Waals surface area contributed by atoms with Gasteiger partial charge in [-0.2, -0.15) is 15.0 Å². The highest BCUT2D eigenvalue weighted by Gasteiger charge is 2.50. The van der Waals surface area contributed by atoms with Crippen molar-refractivity contribution in [2.75, 3.05) is 64.8 Å². The lowest BCUT2D eigenvalue weighted by Gasteiger charge is -2.49. The molecule has 286 valence electrons. The van der Waals surface area contributed by atoms with Gasteiger partial charge in [0.2, 0.25) is 0 Å². The number of halogens is 2. The minimum absolute atomic E-state index is 0.0176. The third kappa shape index (κ3) is 6.94. The second-order valence-corrected chi connectivity index (χ2v) is 16.1. The average molecular weight is 765 g/mol. The molecule has 4 saturated heterocycles. The molecular formula is C38H42F2N6O7S. The number of fused-ring (bicyclic) bond motifs is 5. The number of morpholine rings is 1. The van der Waals surface area contributed by atoms with Gasteiger partial charge in [0.05, 0.1) is 36.4 Å². The third-order valence-corrected chi connectivity index (χ3v) is 11.1. The largest absolute Gasteiger partial charge is 0.467 e. The summed E-state index contributed by atoms with van der Waals surface area (Å²) < 4.78 is 64.8. The monoisotopic (exact) mass is 764 g/mol. The van der Waals surface area contributed by atoms with Gasteiger partial charge in [0, 0.05) is 44.6 Å². The minimum atomic E-state index is -0.907. The predicted octanol–water partition coefficient (Wildman–Crippen LogP) is 5.91. The number of piperazine rings is 1. The first-order valence-corrected chi connectivity index (χ1v) is 18.8. The molecule has 54 heavy (non-hydrogen) atoms. The number of methoxy groups -OCH3 is 1. The Hall–Kier alpha value is -4.56. The van der Waals surface area contributed by atoms with Crippen LogP contribution in [0.15, 0.2) is 24.3 Å². The van der Waals surface area contributed by atoms with E-state index in [9.17, 15) is 13.6 Å². The lowest BCUT2D eigenvalue weighted by atomic mass is 9.95. The van der Waals surface area contributed by atoms with Gasteiger partial charge in [0.1, 0.15) is 41.2 Å². The molecule has 2 unspecified atom stereocenters. The van der Waals surface area contributed by atoms with Crippen molar-refractivity contribution in [2.24, 2.45) is 0 Å². The van der Waals surface area contributed by atoms with Crippen LogP contribution in [-0.2, 0) is 14.2 Å². The number of amides is 1. The van der Waals surface area contributed by atoms with Crippen molar-refractivity contribution in [3.63, 3.8) is 0 Å². The van der Waals surface area contributed by atoms with Crippen LogP contribution in [0.4, 0.5) is 19.4 Å². The second-order valence-electron chi connectivity index (χ2n) is 15.2. The maximum absolute atomic E-state index is 15.0. The van der Waals surface area contributed by atoms with E-state index in [1.807, 2.05) is 20.8 Å². The van der Waals surface area contributed by atoms with E-state index in [1.165, 1.54) is 13.2 Å². The third-order valence-electron chi connectivity index (χ3n) is 10.3. The Morgan fingerprint density at radius 1 is 1.13 bits per heavy atom. The van der Waals surface area contributed by atoms with Crippen molar-refractivity contribution in [3.05, 3.63) is 35.6 Å². The van der Waals surface area contributed by atoms with Crippen molar-refractivity contribution in [1.82, 2.24) is 24.8 Å². The summed E-state index contributed by atoms with van der Waals surface area (Å²) in [5.74, 6) is 3.04. The van der Waals surface area contributed by atoms with Gasteiger partial charge >= 0.3 is 12.1 Å². The lowest BCUT2D eigenvalue weighted by molar-refractivity contribution is -0.0665. The molecule has 2 bridgehead atoms. The van der Waals surface area contributed by atoms with E-state index < -0.39 is 29.2 Å². The zero-order chi connectivity index (χ0) is 37.8. The number of nitrogens with zero attached hydrogens (tertiary/aromatic N) is 6. The Morgan fingerprint density at radius 2 is 1.93 bits per heavy atom. The summed E-state index contributed by atoms with van der Waals surface area (Å²) in [7, 11) is 1.51. The van der Waals surface area contributed by atoms with Crippen LogP contribution in [0.25, 0.3) is 21.1 Å². The van der Waals surface area contributed by atoms with E-state index in [0.29, 0.717) is 72.0 Å². The number of carbonyl (C=O) groups excluding carboxylic acids is 1. The first-order valence-electron chi connectivity index (χ1n) is 18.0. The molecule has 6 heterocycles. The number of alkyl halides is 1. The molecule has 2 aromatic carbocycles. The van der Waals surface area contributed by atoms with Gasteiger partial charge in [-0.25, -0.2) is 13.6 Å². The molecule has 0 spiro atoms. The predicted molar refractivity (Wildman–Crippen MR) is 197 cm³/mol. The summed E-state index contributed by atoms with van der Waals surface area (Å²) in [6, 6.07) is 5.73. The highest BCUT2D eigenvalue weighted by molar-refractivity contribution is 7.19. The van der Waals surface area contributed by atoms with E-state index in [4.69, 9.17) is 49.8 Å². The van der Waals surface area contributed by atoms with E-state index >= 15 is 0 Å². The van der Waals surface area contributed by atoms with E-state index in [2.05, 4.69) is 15.7 Å². The smallest absolute Gasteiger partial charge is 0.411 e. The van der Waals surface area contributed by atoms with Crippen LogP contribution in [-0.4, -0.2) is 120 Å². The molecular weight excluding hydrogens is 723 g/mol. The summed E-state index contributed by atoms with van der Waals surface area (Å²) in [4.78, 5) is 34.4. The molecule has 2 aromatic heterocycles. The number of rotatable bonds is 9. The normalized spacial score (nSPS) is 24.1. The minimum Gasteiger partial charge on any atom is -0.467 e. The van der Waals surface area contributed by atoms with Gasteiger partial charge in [-0.1, -0.05) is 23.3 Å². The number of hydrogen-bond donors (Lipinski definition) is 0. The van der Waals surface area contributed by atoms with Crippen molar-refractivity contribution in [2.45, 2.75) is 69.4 Å². The molecule has 8 rings (SSSR count). The van der Waals surface area contributed by atoms with E-state index in [-0.39, 0.29) is 48.0 Å². The van der Waals surface area contributed by atoms with Crippen LogP contribution in [0.1, 0.15) is 45.6 Å². The van der Waals surface area contributed by atoms with Gasteiger partial charge in [-0.05, 0) is 57.7 Å². The van der Waals surface area contributed by atoms with Crippen molar-refractivity contribution >= 4 is 44.4 Å². The highest BCUT2D eigenvalue weighted by Crippen LogP contribution is 2.43. The number of terminal acetylenes is 1. The molecule has 4 aliphatic heterocycles. The molecule has 0 saturated carbocycles. The molecule has 0 aliphatic carbocycles. The van der Waals surface area contributed by atoms with Crippen LogP contribution >= 0.6 is 11.3 Å². The molecule has 4 aromatic rings. The zero-order valence-electron chi connectivity index (χ0n) is 30.6. The molecule has 16 heteroatoms. The topological polar surface area (TPSA) is 121 Å². The Labute approximate surface area is 315 Å². The van der Waals surface area contributed by atoms with Crippen LogP contribution in [0.2, 0.25) is 0 Å². The number of aromatic nitrogens is 3. The quantitative estimate of drug-likeness (QED) is 0.149. The van der Waals surface area contributed by atoms with Gasteiger partial charge < -0.3 is 33.3 Å². The fourth-order valence-corrected chi connectivity index (χ4v) is 8.89. The molecule has 4 aliphatic rings. The van der Waals surface area contributed by atoms with Gasteiger partial charge in [0.25, 0.3) is 5.19 Å². The Bertz CT molecular complexity index is 2110. The summed E-state index contributed by atoms with van der Waals surface area (Å²) in [6.45, 7) is 8.37. The average Bonchev–Trinajstić information content (AvgIpc) is 3.79. The Morgan fingerprint density at radius 3 is 2.67 bits per heavy atom. The number of benzene rings is 2.